The summed E-state index contributed by atoms with van der Waals surface area (Å²) in [4.78, 5) is 32.6. The monoisotopic (exact) mass is 256 g/mol. The summed E-state index contributed by atoms with van der Waals surface area (Å²) >= 11 is 0. The van der Waals surface area contributed by atoms with Crippen molar-refractivity contribution in [2.75, 3.05) is 18.5 Å². The topological polar surface area (TPSA) is 123 Å². The van der Waals surface area contributed by atoms with Crippen LogP contribution in [0.5, 0.6) is 0 Å². The predicted molar refractivity (Wildman–Crippen MR) is 58.8 cm³/mol. The quantitative estimate of drug-likeness (QED) is 0.632. The van der Waals surface area contributed by atoms with E-state index in [1.807, 2.05) is 5.32 Å². The third-order valence-electron chi connectivity index (χ3n) is 1.77. The molecule has 3 amide bonds. The first-order chi connectivity index (χ1) is 8.49. The molecule has 0 aliphatic rings. The first kappa shape index (κ1) is 13.6. The average molecular weight is 256 g/mol. The van der Waals surface area contributed by atoms with Crippen molar-refractivity contribution in [3.63, 3.8) is 0 Å². The summed E-state index contributed by atoms with van der Waals surface area (Å²) in [6.07, 6.45) is 1.48. The Kier molecular flexibility index (Phi) is 4.81. The summed E-state index contributed by atoms with van der Waals surface area (Å²) in [6.45, 7) is -1.11. The van der Waals surface area contributed by atoms with E-state index in [4.69, 9.17) is 5.11 Å². The summed E-state index contributed by atoms with van der Waals surface area (Å²) < 4.78 is 5.92. The maximum atomic E-state index is 11.3. The number of carbonyl (C=O) groups is 3. The molecule has 0 bridgehead atoms. The maximum Gasteiger partial charge on any atom is 0.329 e. The van der Waals surface area contributed by atoms with Crippen molar-refractivity contribution < 1.29 is 24.2 Å². The first-order valence-electron chi connectivity index (χ1n) is 4.87. The fourth-order valence-corrected chi connectivity index (χ4v) is 1.04. The number of amides is 3. The van der Waals surface area contributed by atoms with Crippen LogP contribution >= 0.6 is 0 Å². The van der Waals surface area contributed by atoms with Crippen LogP contribution in [0.15, 0.2) is 12.3 Å². The highest BCUT2D eigenvalue weighted by atomic mass is 16.5. The Morgan fingerprint density at radius 2 is 2.17 bits per heavy atom. The van der Waals surface area contributed by atoms with Gasteiger partial charge in [-0.25, -0.2) is 9.59 Å². The molecule has 0 aliphatic heterocycles. The van der Waals surface area contributed by atoms with E-state index in [0.717, 1.165) is 0 Å². The third-order valence-corrected chi connectivity index (χ3v) is 1.77. The molecule has 1 heterocycles. The molecule has 0 atom stereocenters. The number of aromatic nitrogens is 2. The molecular formula is C9H12N4O5. The van der Waals surface area contributed by atoms with Crippen molar-refractivity contribution in [2.45, 2.75) is 0 Å². The molecule has 9 nitrogen and oxygen atoms in total. The van der Waals surface area contributed by atoms with Crippen molar-refractivity contribution in [1.82, 2.24) is 15.1 Å². The van der Waals surface area contributed by atoms with Gasteiger partial charge in [0.05, 0.1) is 6.20 Å². The number of imide groups is 1. The highest BCUT2D eigenvalue weighted by Gasteiger charge is 2.10. The number of carboxylic acids is 1. The van der Waals surface area contributed by atoms with Gasteiger partial charge in [-0.15, -0.1) is 0 Å². The van der Waals surface area contributed by atoms with Gasteiger partial charge in [0.1, 0.15) is 19.0 Å². The second kappa shape index (κ2) is 6.35. The molecule has 18 heavy (non-hydrogen) atoms. The van der Waals surface area contributed by atoms with Crippen LogP contribution in [0.3, 0.4) is 0 Å². The summed E-state index contributed by atoms with van der Waals surface area (Å²) in [7, 11) is 1.62. The number of urea groups is 1. The van der Waals surface area contributed by atoms with Crippen LogP contribution in [0.4, 0.5) is 10.6 Å². The molecule has 0 saturated heterocycles. The molecule has 0 radical (unpaired) electrons. The Morgan fingerprint density at radius 1 is 1.44 bits per heavy atom. The minimum absolute atomic E-state index is 0.409. The average Bonchev–Trinajstić information content (AvgIpc) is 2.63. The molecule has 1 rings (SSSR count). The van der Waals surface area contributed by atoms with Gasteiger partial charge in [0.2, 0.25) is 0 Å². The van der Waals surface area contributed by atoms with E-state index in [-0.39, 0.29) is 0 Å². The van der Waals surface area contributed by atoms with Gasteiger partial charge in [0, 0.05) is 13.1 Å². The van der Waals surface area contributed by atoms with Crippen LogP contribution in [0, 0.1) is 0 Å². The van der Waals surface area contributed by atoms with E-state index >= 15 is 0 Å². The van der Waals surface area contributed by atoms with Gasteiger partial charge < -0.3 is 9.84 Å². The molecule has 0 fully saturated rings. The highest BCUT2D eigenvalue weighted by molar-refractivity contribution is 6.01. The predicted octanol–water partition coefficient (Wildman–Crippen LogP) is -0.831. The van der Waals surface area contributed by atoms with E-state index in [0.29, 0.717) is 5.82 Å². The smallest absolute Gasteiger partial charge is 0.329 e. The largest absolute Gasteiger partial charge is 0.480 e. The Labute approximate surface area is 102 Å². The van der Waals surface area contributed by atoms with Crippen LogP contribution in [0.25, 0.3) is 0 Å². The number of hydrogen-bond donors (Lipinski definition) is 3. The number of carboxylic acid groups (broad SMARTS) is 1. The minimum atomic E-state index is -1.19. The molecular weight excluding hydrogens is 244 g/mol. The van der Waals surface area contributed by atoms with Gasteiger partial charge in [0.15, 0.2) is 0 Å². The van der Waals surface area contributed by atoms with Crippen LogP contribution in [0.1, 0.15) is 0 Å². The van der Waals surface area contributed by atoms with Crippen molar-refractivity contribution in [2.24, 2.45) is 7.05 Å². The number of carbonyl (C=O) groups excluding carboxylic acids is 2. The Morgan fingerprint density at radius 3 is 2.72 bits per heavy atom. The summed E-state index contributed by atoms with van der Waals surface area (Å²) in [5.41, 5.74) is 0. The number of nitrogens with zero attached hydrogens (tertiary/aromatic N) is 2. The molecule has 0 unspecified atom stereocenters. The molecule has 98 valence electrons. The lowest BCUT2D eigenvalue weighted by molar-refractivity contribution is -0.143. The van der Waals surface area contributed by atoms with E-state index in [9.17, 15) is 14.4 Å². The van der Waals surface area contributed by atoms with Crippen molar-refractivity contribution in [1.29, 1.82) is 0 Å². The van der Waals surface area contributed by atoms with Crippen molar-refractivity contribution in [3.05, 3.63) is 12.3 Å². The zero-order chi connectivity index (χ0) is 13.5. The SMILES string of the molecule is Cn1nccc1NC(=O)NC(=O)COCC(=O)O. The standard InChI is InChI=1S/C9H12N4O5/c1-13-6(2-3-10-13)11-9(17)12-7(14)4-18-5-8(15)16/h2-3H,4-5H2,1H3,(H,15,16)(H2,11,12,14,17). The van der Waals surface area contributed by atoms with Gasteiger partial charge in [-0.05, 0) is 0 Å². The zero-order valence-corrected chi connectivity index (χ0v) is 9.54. The molecule has 0 aromatic carbocycles. The van der Waals surface area contributed by atoms with Crippen LogP contribution in [-0.4, -0.2) is 46.0 Å². The van der Waals surface area contributed by atoms with E-state index in [1.54, 1.807) is 13.1 Å². The Bertz CT molecular complexity index is 456. The summed E-state index contributed by atoms with van der Waals surface area (Å²) in [6, 6.07) is 0.799. The van der Waals surface area contributed by atoms with E-state index < -0.39 is 31.1 Å². The Hall–Kier alpha value is -2.42. The van der Waals surface area contributed by atoms with E-state index in [1.165, 1.54) is 10.9 Å². The number of nitrogens with one attached hydrogen (secondary N) is 2. The Balaban J connectivity index is 2.30. The lowest BCUT2D eigenvalue weighted by Crippen LogP contribution is -2.37. The van der Waals surface area contributed by atoms with Gasteiger partial charge >= 0.3 is 12.0 Å². The summed E-state index contributed by atoms with van der Waals surface area (Å²) in [5.74, 6) is -1.52. The molecule has 9 heteroatoms. The minimum Gasteiger partial charge on any atom is -0.480 e. The molecule has 0 spiro atoms. The number of anilines is 1. The zero-order valence-electron chi connectivity index (χ0n) is 9.54. The molecule has 3 N–H and O–H groups in total. The summed E-state index contributed by atoms with van der Waals surface area (Å²) in [5, 5.41) is 16.4. The number of rotatable bonds is 5. The second-order valence-electron chi connectivity index (χ2n) is 3.23. The van der Waals surface area contributed by atoms with Crippen LogP contribution < -0.4 is 10.6 Å². The number of aryl methyl sites for hydroxylation is 1. The number of ether oxygens (including phenoxy) is 1. The van der Waals surface area contributed by atoms with Gasteiger partial charge in [-0.1, -0.05) is 0 Å². The van der Waals surface area contributed by atoms with Gasteiger partial charge in [-0.2, -0.15) is 5.10 Å². The fraction of sp³-hybridized carbons (Fsp3) is 0.333. The molecule has 0 aliphatic carbocycles. The normalized spacial score (nSPS) is 9.83. The van der Waals surface area contributed by atoms with E-state index in [2.05, 4.69) is 15.2 Å². The van der Waals surface area contributed by atoms with Crippen molar-refractivity contribution in [3.8, 4) is 0 Å². The van der Waals surface area contributed by atoms with Crippen LogP contribution in [0.2, 0.25) is 0 Å². The molecule has 1 aromatic heterocycles. The molecule has 1 aromatic rings. The maximum absolute atomic E-state index is 11.3. The molecule has 0 saturated carbocycles. The fourth-order valence-electron chi connectivity index (χ4n) is 1.04. The third kappa shape index (κ3) is 4.61. The number of aliphatic carboxylic acids is 1. The van der Waals surface area contributed by atoms with Crippen LogP contribution in [-0.2, 0) is 21.4 Å². The lowest BCUT2D eigenvalue weighted by Gasteiger charge is -2.06. The second-order valence-corrected chi connectivity index (χ2v) is 3.23. The highest BCUT2D eigenvalue weighted by Crippen LogP contribution is 2.02. The van der Waals surface area contributed by atoms with Gasteiger partial charge in [-0.3, -0.25) is 20.1 Å². The lowest BCUT2D eigenvalue weighted by atomic mass is 10.6. The van der Waals surface area contributed by atoms with Crippen molar-refractivity contribution >= 4 is 23.7 Å². The number of hydrogen-bond acceptors (Lipinski definition) is 5. The van der Waals surface area contributed by atoms with Gasteiger partial charge in [0.25, 0.3) is 5.91 Å². The first-order valence-corrected chi connectivity index (χ1v) is 4.87.